The molecule has 0 spiro atoms. The van der Waals surface area contributed by atoms with Crippen LogP contribution in [0.1, 0.15) is 12.8 Å². The van der Waals surface area contributed by atoms with Crippen LogP contribution in [0.3, 0.4) is 0 Å². The number of anilines is 1. The highest BCUT2D eigenvalue weighted by atomic mass is 32.2. The molecule has 1 atom stereocenters. The first-order valence-corrected chi connectivity index (χ1v) is 10.00. The van der Waals surface area contributed by atoms with E-state index in [9.17, 15) is 13.2 Å². The van der Waals surface area contributed by atoms with Gasteiger partial charge < -0.3 is 14.5 Å². The zero-order valence-corrected chi connectivity index (χ0v) is 15.2. The molecule has 1 saturated heterocycles. The van der Waals surface area contributed by atoms with E-state index in [1.165, 1.54) is 0 Å². The summed E-state index contributed by atoms with van der Waals surface area (Å²) in [4.78, 5) is 16.4. The molecule has 24 heavy (non-hydrogen) atoms. The molecule has 0 aromatic heterocycles. The summed E-state index contributed by atoms with van der Waals surface area (Å²) in [7, 11) is 0.463. The molecule has 7 heteroatoms. The summed E-state index contributed by atoms with van der Waals surface area (Å²) in [5.74, 6) is 0.195. The third-order valence-corrected chi connectivity index (χ3v) is 6.04. The topological polar surface area (TPSA) is 66.9 Å². The number of hydrogen-bond acceptors (Lipinski definition) is 5. The first-order valence-electron chi connectivity index (χ1n) is 8.18. The number of para-hydroxylation sites is 1. The zero-order chi connectivity index (χ0) is 17.6. The van der Waals surface area contributed by atoms with Crippen LogP contribution in [-0.4, -0.2) is 70.6 Å². The molecule has 6 nitrogen and oxygen atoms in total. The maximum Gasteiger partial charge on any atom is 0.242 e. The second-order valence-corrected chi connectivity index (χ2v) is 8.41. The number of methoxy groups -OCH3 is 1. The Kier molecular flexibility index (Phi) is 6.62. The Balaban J connectivity index is 2.03. The van der Waals surface area contributed by atoms with Crippen molar-refractivity contribution in [3.63, 3.8) is 0 Å². The van der Waals surface area contributed by atoms with Gasteiger partial charge >= 0.3 is 0 Å². The number of carbonyl (C=O) groups is 1. The summed E-state index contributed by atoms with van der Waals surface area (Å²) in [5, 5.41) is 0. The van der Waals surface area contributed by atoms with Crippen molar-refractivity contribution in [1.82, 2.24) is 4.90 Å². The molecule has 1 aliphatic heterocycles. The average Bonchev–Trinajstić information content (AvgIpc) is 2.92. The largest absolute Gasteiger partial charge is 0.385 e. The molecular formula is C17H26N2O4S. The minimum Gasteiger partial charge on any atom is -0.385 e. The highest BCUT2D eigenvalue weighted by Crippen LogP contribution is 2.19. The molecular weight excluding hydrogens is 328 g/mol. The Morgan fingerprint density at radius 3 is 2.58 bits per heavy atom. The summed E-state index contributed by atoms with van der Waals surface area (Å²) in [6.07, 6.45) is 1.23. The van der Waals surface area contributed by atoms with Crippen molar-refractivity contribution < 1.29 is 17.9 Å². The van der Waals surface area contributed by atoms with Crippen LogP contribution in [0.15, 0.2) is 30.3 Å². The summed E-state index contributed by atoms with van der Waals surface area (Å²) in [6, 6.07) is 9.46. The van der Waals surface area contributed by atoms with Gasteiger partial charge in [0, 0.05) is 39.0 Å². The molecule has 0 aliphatic carbocycles. The van der Waals surface area contributed by atoms with Gasteiger partial charge in [-0.05, 0) is 25.0 Å². The van der Waals surface area contributed by atoms with Crippen LogP contribution in [0.4, 0.5) is 5.69 Å². The molecule has 134 valence electrons. The molecule has 0 N–H and O–H groups in total. The lowest BCUT2D eigenvalue weighted by Crippen LogP contribution is -2.46. The van der Waals surface area contributed by atoms with E-state index in [1.807, 2.05) is 42.3 Å². The van der Waals surface area contributed by atoms with Crippen molar-refractivity contribution in [2.75, 3.05) is 50.3 Å². The van der Waals surface area contributed by atoms with E-state index < -0.39 is 9.84 Å². The van der Waals surface area contributed by atoms with Crippen LogP contribution in [0.5, 0.6) is 0 Å². The van der Waals surface area contributed by atoms with Gasteiger partial charge in [-0.25, -0.2) is 8.42 Å². The van der Waals surface area contributed by atoms with Gasteiger partial charge in [-0.2, -0.15) is 0 Å². The monoisotopic (exact) mass is 354 g/mol. The number of amides is 1. The van der Waals surface area contributed by atoms with E-state index >= 15 is 0 Å². The van der Waals surface area contributed by atoms with Gasteiger partial charge in [0.1, 0.15) is 0 Å². The van der Waals surface area contributed by atoms with Gasteiger partial charge in [0.25, 0.3) is 0 Å². The van der Waals surface area contributed by atoms with Crippen LogP contribution in [-0.2, 0) is 19.4 Å². The van der Waals surface area contributed by atoms with Crippen molar-refractivity contribution in [2.24, 2.45) is 0 Å². The highest BCUT2D eigenvalue weighted by molar-refractivity contribution is 7.91. The Labute approximate surface area is 144 Å². The van der Waals surface area contributed by atoms with Crippen molar-refractivity contribution in [2.45, 2.75) is 18.9 Å². The molecule has 2 rings (SSSR count). The normalized spacial score (nSPS) is 19.2. The predicted octanol–water partition coefficient (Wildman–Crippen LogP) is 1.17. The van der Waals surface area contributed by atoms with Crippen molar-refractivity contribution >= 4 is 21.4 Å². The summed E-state index contributed by atoms with van der Waals surface area (Å²) in [5.41, 5.74) is 0.960. The van der Waals surface area contributed by atoms with Crippen LogP contribution < -0.4 is 4.90 Å². The number of nitrogens with zero attached hydrogens (tertiary/aromatic N) is 2. The number of carbonyl (C=O) groups excluding carboxylic acids is 1. The van der Waals surface area contributed by atoms with Crippen molar-refractivity contribution in [3.05, 3.63) is 30.3 Å². The minimum absolute atomic E-state index is 0.0421. The van der Waals surface area contributed by atoms with E-state index in [1.54, 1.807) is 12.0 Å². The van der Waals surface area contributed by atoms with Gasteiger partial charge in [-0.15, -0.1) is 0 Å². The molecule has 1 aliphatic rings. The van der Waals surface area contributed by atoms with E-state index in [4.69, 9.17) is 4.74 Å². The fraction of sp³-hybridized carbons (Fsp3) is 0.588. The maximum atomic E-state index is 12.8. The van der Waals surface area contributed by atoms with Crippen LogP contribution in [0.25, 0.3) is 0 Å². The molecule has 1 aromatic rings. The summed E-state index contributed by atoms with van der Waals surface area (Å²) in [6.45, 7) is 1.31. The quantitative estimate of drug-likeness (QED) is 0.656. The number of ether oxygens (including phenoxy) is 1. The lowest BCUT2D eigenvalue weighted by atomic mass is 10.2. The van der Waals surface area contributed by atoms with Gasteiger partial charge in [0.2, 0.25) is 5.91 Å². The first kappa shape index (κ1) is 18.7. The van der Waals surface area contributed by atoms with Crippen LogP contribution in [0, 0.1) is 0 Å². The van der Waals surface area contributed by atoms with E-state index in [0.29, 0.717) is 26.0 Å². The SMILES string of the molecule is COCCCN(C(=O)CN(C)c1ccccc1)C1CCS(=O)(=O)C1. The van der Waals surface area contributed by atoms with Crippen molar-refractivity contribution in [1.29, 1.82) is 0 Å². The molecule has 0 saturated carbocycles. The Morgan fingerprint density at radius 1 is 1.29 bits per heavy atom. The van der Waals surface area contributed by atoms with Gasteiger partial charge in [0.15, 0.2) is 9.84 Å². The standard InChI is InChI=1S/C17H26N2O4S/c1-18(15-7-4-3-5-8-15)13-17(20)19(10-6-11-23-2)16-9-12-24(21,22)14-16/h3-5,7-8,16H,6,9-14H2,1-2H3. The molecule has 1 aromatic carbocycles. The second kappa shape index (κ2) is 8.48. The summed E-state index contributed by atoms with van der Waals surface area (Å²) >= 11 is 0. The fourth-order valence-electron chi connectivity index (χ4n) is 2.98. The molecule has 0 bridgehead atoms. The van der Waals surface area contributed by atoms with E-state index in [-0.39, 0.29) is 30.0 Å². The molecule has 1 amide bonds. The molecule has 1 unspecified atom stereocenters. The number of likely N-dealkylation sites (N-methyl/N-ethyl adjacent to an activating group) is 1. The summed E-state index contributed by atoms with van der Waals surface area (Å²) < 4.78 is 28.6. The van der Waals surface area contributed by atoms with Crippen molar-refractivity contribution in [3.8, 4) is 0 Å². The molecule has 1 fully saturated rings. The predicted molar refractivity (Wildman–Crippen MR) is 95.0 cm³/mol. The lowest BCUT2D eigenvalue weighted by Gasteiger charge is -2.30. The average molecular weight is 354 g/mol. The number of rotatable bonds is 8. The Bertz CT molecular complexity index is 633. The minimum atomic E-state index is -3.02. The van der Waals surface area contributed by atoms with Gasteiger partial charge in [-0.3, -0.25) is 4.79 Å². The zero-order valence-electron chi connectivity index (χ0n) is 14.3. The maximum absolute atomic E-state index is 12.8. The van der Waals surface area contributed by atoms with Gasteiger partial charge in [-0.1, -0.05) is 18.2 Å². The fourth-order valence-corrected chi connectivity index (χ4v) is 4.71. The van der Waals surface area contributed by atoms with E-state index in [0.717, 1.165) is 5.69 Å². The highest BCUT2D eigenvalue weighted by Gasteiger charge is 2.34. The first-order chi connectivity index (χ1) is 11.4. The molecule has 1 heterocycles. The number of sulfone groups is 1. The van der Waals surface area contributed by atoms with Gasteiger partial charge in [0.05, 0.1) is 18.1 Å². The Morgan fingerprint density at radius 2 is 2.00 bits per heavy atom. The second-order valence-electron chi connectivity index (χ2n) is 6.18. The third-order valence-electron chi connectivity index (χ3n) is 4.29. The third kappa shape index (κ3) is 5.21. The number of hydrogen-bond donors (Lipinski definition) is 0. The van der Waals surface area contributed by atoms with E-state index in [2.05, 4.69) is 0 Å². The molecule has 0 radical (unpaired) electrons. The number of benzene rings is 1. The lowest BCUT2D eigenvalue weighted by molar-refractivity contribution is -0.131. The van der Waals surface area contributed by atoms with Crippen LogP contribution >= 0.6 is 0 Å². The smallest absolute Gasteiger partial charge is 0.242 e. The Hall–Kier alpha value is -1.60. The van der Waals surface area contributed by atoms with Crippen LogP contribution in [0.2, 0.25) is 0 Å².